The van der Waals surface area contributed by atoms with Gasteiger partial charge in [-0.05, 0) is 48.2 Å². The normalized spacial score (nSPS) is 11.7. The highest BCUT2D eigenvalue weighted by molar-refractivity contribution is 7.92. The summed E-state index contributed by atoms with van der Waals surface area (Å²) in [4.78, 5) is 28.6. The van der Waals surface area contributed by atoms with Gasteiger partial charge in [0.15, 0.2) is 0 Å². The van der Waals surface area contributed by atoms with Gasteiger partial charge in [-0.1, -0.05) is 58.6 Å². The van der Waals surface area contributed by atoms with Crippen LogP contribution in [-0.4, -0.2) is 32.9 Å². The first-order valence-corrected chi connectivity index (χ1v) is 13.6. The van der Waals surface area contributed by atoms with Gasteiger partial charge < -0.3 is 10.3 Å². The lowest BCUT2D eigenvalue weighted by molar-refractivity contribution is 0.0951. The van der Waals surface area contributed by atoms with E-state index in [9.17, 15) is 18.0 Å². The van der Waals surface area contributed by atoms with E-state index in [-0.39, 0.29) is 15.8 Å². The van der Waals surface area contributed by atoms with Gasteiger partial charge in [0.2, 0.25) is 5.43 Å². The molecule has 3 aromatic rings. The number of nitrogens with one attached hydrogen (secondary N) is 2. The first-order chi connectivity index (χ1) is 16.7. The molecule has 0 aliphatic rings. The number of hydrogen-bond donors (Lipinski definition) is 2. The summed E-state index contributed by atoms with van der Waals surface area (Å²) in [6.07, 6.45) is 6.70. The molecule has 7 nitrogen and oxygen atoms in total. The number of rotatable bonds is 11. The summed E-state index contributed by atoms with van der Waals surface area (Å²) in [7, 11) is -2.43. The number of H-pyrrole nitrogens is 1. The van der Waals surface area contributed by atoms with Crippen molar-refractivity contribution in [2.75, 3.05) is 17.9 Å². The zero-order chi connectivity index (χ0) is 25.6. The van der Waals surface area contributed by atoms with Gasteiger partial charge in [-0.15, -0.1) is 0 Å². The van der Waals surface area contributed by atoms with Crippen LogP contribution in [0.15, 0.2) is 58.4 Å². The molecule has 0 saturated heterocycles. The molecule has 1 aromatic heterocycles. The van der Waals surface area contributed by atoms with E-state index in [1.54, 1.807) is 18.2 Å². The Bertz CT molecular complexity index is 1330. The van der Waals surface area contributed by atoms with Gasteiger partial charge in [0, 0.05) is 30.7 Å². The number of benzene rings is 2. The minimum absolute atomic E-state index is 0.0144. The van der Waals surface area contributed by atoms with Gasteiger partial charge in [0.25, 0.3) is 15.9 Å². The molecule has 188 valence electrons. The van der Waals surface area contributed by atoms with Crippen LogP contribution in [-0.2, 0) is 10.0 Å². The second-order valence-corrected chi connectivity index (χ2v) is 11.1. The van der Waals surface area contributed by atoms with Crippen molar-refractivity contribution in [3.8, 4) is 0 Å². The Labute approximate surface area is 207 Å². The highest BCUT2D eigenvalue weighted by Gasteiger charge is 2.23. The third-order valence-corrected chi connectivity index (χ3v) is 8.03. The monoisotopic (exact) mass is 497 g/mol. The number of hydrogen-bond acceptors (Lipinski definition) is 4. The van der Waals surface area contributed by atoms with Crippen LogP contribution in [0.1, 0.15) is 74.7 Å². The predicted octanol–water partition coefficient (Wildman–Crippen LogP) is 5.18. The fourth-order valence-corrected chi connectivity index (χ4v) is 5.14. The summed E-state index contributed by atoms with van der Waals surface area (Å²) in [6, 6.07) is 11.7. The molecule has 0 fully saturated rings. The van der Waals surface area contributed by atoms with Crippen molar-refractivity contribution in [2.24, 2.45) is 0 Å². The van der Waals surface area contributed by atoms with E-state index in [0.29, 0.717) is 23.7 Å². The Kier molecular flexibility index (Phi) is 8.72. The van der Waals surface area contributed by atoms with E-state index >= 15 is 0 Å². The van der Waals surface area contributed by atoms with E-state index in [1.807, 2.05) is 12.1 Å². The molecule has 0 atom stereocenters. The van der Waals surface area contributed by atoms with Crippen molar-refractivity contribution in [3.05, 3.63) is 70.0 Å². The third kappa shape index (κ3) is 6.11. The van der Waals surface area contributed by atoms with E-state index in [1.165, 1.54) is 36.1 Å². The maximum atomic E-state index is 13.3. The minimum Gasteiger partial charge on any atom is -0.360 e. The minimum atomic E-state index is -3.91. The molecular weight excluding hydrogens is 462 g/mol. The van der Waals surface area contributed by atoms with Crippen molar-refractivity contribution in [2.45, 2.75) is 63.7 Å². The van der Waals surface area contributed by atoms with Crippen molar-refractivity contribution < 1.29 is 13.2 Å². The fraction of sp³-hybridized carbons (Fsp3) is 0.407. The number of nitrogens with zero attached hydrogens (tertiary/aromatic N) is 1. The third-order valence-electron chi connectivity index (χ3n) is 6.24. The molecule has 0 saturated carbocycles. The second kappa shape index (κ2) is 11.5. The summed E-state index contributed by atoms with van der Waals surface area (Å²) in [6.45, 7) is 6.79. The van der Waals surface area contributed by atoms with Gasteiger partial charge in [-0.2, -0.15) is 0 Å². The summed E-state index contributed by atoms with van der Waals surface area (Å²) >= 11 is 0. The van der Waals surface area contributed by atoms with Gasteiger partial charge in [-0.25, -0.2) is 8.42 Å². The number of fused-ring (bicyclic) bond motifs is 1. The molecule has 0 bridgehead atoms. The van der Waals surface area contributed by atoms with Gasteiger partial charge in [0.1, 0.15) is 5.56 Å². The van der Waals surface area contributed by atoms with E-state index < -0.39 is 21.4 Å². The maximum absolute atomic E-state index is 13.3. The molecular formula is C27H35N3O4S. The van der Waals surface area contributed by atoms with Crippen molar-refractivity contribution >= 4 is 32.5 Å². The van der Waals surface area contributed by atoms with Crippen LogP contribution in [0, 0.1) is 0 Å². The van der Waals surface area contributed by atoms with E-state index in [2.05, 4.69) is 31.1 Å². The lowest BCUT2D eigenvalue weighted by atomic mass is 10.0. The number of aromatic amines is 1. The second-order valence-electron chi connectivity index (χ2n) is 9.13. The van der Waals surface area contributed by atoms with Crippen molar-refractivity contribution in [1.29, 1.82) is 0 Å². The van der Waals surface area contributed by atoms with E-state index in [4.69, 9.17) is 0 Å². The Morgan fingerprint density at radius 2 is 1.71 bits per heavy atom. The number of unbranched alkanes of at least 4 members (excludes halogenated alkanes) is 4. The van der Waals surface area contributed by atoms with Crippen LogP contribution in [0.3, 0.4) is 0 Å². The van der Waals surface area contributed by atoms with Crippen LogP contribution in [0.25, 0.3) is 10.9 Å². The zero-order valence-corrected chi connectivity index (χ0v) is 21.7. The average molecular weight is 498 g/mol. The first kappa shape index (κ1) is 26.5. The molecule has 0 radical (unpaired) electrons. The van der Waals surface area contributed by atoms with Gasteiger partial charge in [0.05, 0.1) is 10.6 Å². The topological polar surface area (TPSA) is 99.3 Å². The van der Waals surface area contributed by atoms with E-state index in [0.717, 1.165) is 31.2 Å². The number of aromatic nitrogens is 1. The maximum Gasteiger partial charge on any atom is 0.264 e. The Morgan fingerprint density at radius 3 is 2.37 bits per heavy atom. The van der Waals surface area contributed by atoms with Crippen LogP contribution in [0.5, 0.6) is 0 Å². The Balaban J connectivity index is 1.84. The van der Waals surface area contributed by atoms with Crippen molar-refractivity contribution in [1.82, 2.24) is 10.3 Å². The molecule has 8 heteroatoms. The summed E-state index contributed by atoms with van der Waals surface area (Å²) in [5.41, 5.74) is 1.58. The number of carbonyl (C=O) groups excluding carboxylic acids is 1. The van der Waals surface area contributed by atoms with Crippen LogP contribution >= 0.6 is 0 Å². The largest absolute Gasteiger partial charge is 0.360 e. The summed E-state index contributed by atoms with van der Waals surface area (Å²) in [5, 5.41) is 2.95. The van der Waals surface area contributed by atoms with Crippen LogP contribution in [0.4, 0.5) is 5.69 Å². The lowest BCUT2D eigenvalue weighted by Gasteiger charge is -2.20. The molecule has 0 spiro atoms. The van der Waals surface area contributed by atoms with Gasteiger partial charge >= 0.3 is 0 Å². The summed E-state index contributed by atoms with van der Waals surface area (Å²) in [5.74, 6) is -0.120. The highest BCUT2D eigenvalue weighted by atomic mass is 32.2. The number of carbonyl (C=O) groups is 1. The molecule has 1 amide bonds. The summed E-state index contributed by atoms with van der Waals surface area (Å²) < 4.78 is 27.8. The molecule has 2 N–H and O–H groups in total. The Hall–Kier alpha value is -3.13. The molecule has 0 unspecified atom stereocenters. The molecule has 2 aromatic carbocycles. The number of amides is 1. The highest BCUT2D eigenvalue weighted by Crippen LogP contribution is 2.25. The molecule has 0 aliphatic heterocycles. The number of pyridine rings is 1. The van der Waals surface area contributed by atoms with Gasteiger partial charge in [-0.3, -0.25) is 13.9 Å². The van der Waals surface area contributed by atoms with Crippen LogP contribution < -0.4 is 15.1 Å². The number of anilines is 1. The quantitative estimate of drug-likeness (QED) is 0.357. The molecule has 35 heavy (non-hydrogen) atoms. The molecule has 3 rings (SSSR count). The lowest BCUT2D eigenvalue weighted by Crippen LogP contribution is -2.30. The zero-order valence-electron chi connectivity index (χ0n) is 20.9. The average Bonchev–Trinajstić information content (AvgIpc) is 2.85. The molecule has 1 heterocycles. The SMILES string of the molecule is CCCCCCCNC(=O)c1c[nH]c2ccc(S(=O)(=O)N(C)c3ccc(C(C)C)cc3)cc2c1=O. The predicted molar refractivity (Wildman–Crippen MR) is 142 cm³/mol. The fourth-order valence-electron chi connectivity index (χ4n) is 3.92. The standard InChI is InChI=1S/C27H35N3O4S/c1-5-6-7-8-9-16-28-27(32)24-18-29-25-15-14-22(17-23(25)26(24)31)35(33,34)30(4)21-12-10-20(11-13-21)19(2)3/h10-15,17-19H,5-9,16H2,1-4H3,(H,28,32)(H,29,31). The molecule has 0 aliphatic carbocycles. The smallest absolute Gasteiger partial charge is 0.264 e. The first-order valence-electron chi connectivity index (χ1n) is 12.2. The van der Waals surface area contributed by atoms with Crippen molar-refractivity contribution in [3.63, 3.8) is 0 Å². The number of sulfonamides is 1. The Morgan fingerprint density at radius 1 is 1.03 bits per heavy atom. The van der Waals surface area contributed by atoms with Crippen LogP contribution in [0.2, 0.25) is 0 Å².